The molecule has 0 amide bonds. The van der Waals surface area contributed by atoms with Crippen molar-refractivity contribution in [2.45, 2.75) is 46.2 Å². The van der Waals surface area contributed by atoms with Gasteiger partial charge in [0.25, 0.3) is 0 Å². The van der Waals surface area contributed by atoms with Gasteiger partial charge in [0.1, 0.15) is 5.83 Å². The molecule has 0 radical (unpaired) electrons. The zero-order chi connectivity index (χ0) is 21.2. The number of thiophene rings is 1. The number of alkyl halides is 3. The molecule has 1 atom stereocenters. The van der Waals surface area contributed by atoms with E-state index in [1.54, 1.807) is 13.0 Å². The molecule has 0 aromatic carbocycles. The zero-order valence-corrected chi connectivity index (χ0v) is 17.0. The molecular weight excluding hydrogens is 391 g/mol. The summed E-state index contributed by atoms with van der Waals surface area (Å²) < 4.78 is 68.7. The maximum Gasteiger partial charge on any atom is 0.418 e. The molecule has 0 nitrogen and oxygen atoms in total. The van der Waals surface area contributed by atoms with E-state index >= 15 is 4.39 Å². The van der Waals surface area contributed by atoms with Crippen LogP contribution in [-0.4, -0.2) is 6.18 Å². The van der Waals surface area contributed by atoms with Crippen molar-refractivity contribution in [3.8, 4) is 0 Å². The molecule has 1 aliphatic carbocycles. The maximum atomic E-state index is 15.3. The summed E-state index contributed by atoms with van der Waals surface area (Å²) in [6, 6.07) is 0. The standard InChI is InChI=1S/C22H23F5S/c1-6-16(15-10-8-12(3)9-11-15)18(23)20-13(4)14(5)21(28-20)19(24)17(7-2)22(25,26)27/h6-7,10,12H,4-5,8-9,11H2,1-3H3/b16-6-,17-7+,20-18-,21-19-. The molecule has 2 rings (SSSR count). The van der Waals surface area contributed by atoms with Crippen molar-refractivity contribution < 1.29 is 22.0 Å². The Balaban J connectivity index is 2.75. The van der Waals surface area contributed by atoms with Gasteiger partial charge in [0, 0.05) is 5.57 Å². The highest BCUT2D eigenvalue weighted by Gasteiger charge is 2.36. The molecule has 0 saturated heterocycles. The highest BCUT2D eigenvalue weighted by Crippen LogP contribution is 2.33. The van der Waals surface area contributed by atoms with Gasteiger partial charge in [0.15, 0.2) is 5.83 Å². The zero-order valence-electron chi connectivity index (χ0n) is 16.1. The summed E-state index contributed by atoms with van der Waals surface area (Å²) in [6.45, 7) is 12.3. The van der Waals surface area contributed by atoms with Gasteiger partial charge in [-0.2, -0.15) is 13.2 Å². The lowest BCUT2D eigenvalue weighted by molar-refractivity contribution is -0.0883. The Kier molecular flexibility index (Phi) is 6.86. The van der Waals surface area contributed by atoms with Crippen LogP contribution in [0, 0.1) is 5.92 Å². The van der Waals surface area contributed by atoms with E-state index in [2.05, 4.69) is 20.1 Å². The minimum atomic E-state index is -4.85. The third-order valence-electron chi connectivity index (χ3n) is 4.89. The van der Waals surface area contributed by atoms with Gasteiger partial charge in [-0.3, -0.25) is 0 Å². The second kappa shape index (κ2) is 8.60. The van der Waals surface area contributed by atoms with E-state index in [4.69, 9.17) is 0 Å². The van der Waals surface area contributed by atoms with Gasteiger partial charge in [-0.25, -0.2) is 8.78 Å². The molecule has 1 heterocycles. The molecular formula is C22H23F5S. The van der Waals surface area contributed by atoms with E-state index < -0.39 is 23.4 Å². The average Bonchev–Trinajstić information content (AvgIpc) is 2.92. The quantitative estimate of drug-likeness (QED) is 0.616. The highest BCUT2D eigenvalue weighted by molar-refractivity contribution is 7.07. The minimum absolute atomic E-state index is 0.0143. The smallest absolute Gasteiger partial charge is 0.205 e. The van der Waals surface area contributed by atoms with E-state index in [0.29, 0.717) is 35.3 Å². The topological polar surface area (TPSA) is 0 Å². The van der Waals surface area contributed by atoms with Crippen LogP contribution >= 0.6 is 11.3 Å². The fraction of sp³-hybridized carbons (Fsp3) is 0.364. The van der Waals surface area contributed by atoms with Crippen LogP contribution in [0.4, 0.5) is 22.0 Å². The van der Waals surface area contributed by atoms with Crippen LogP contribution in [0.2, 0.25) is 0 Å². The van der Waals surface area contributed by atoms with Gasteiger partial charge < -0.3 is 0 Å². The van der Waals surface area contributed by atoms with Crippen LogP contribution in [0.5, 0.6) is 0 Å². The highest BCUT2D eigenvalue weighted by atomic mass is 32.1. The first kappa shape index (κ1) is 22.3. The fourth-order valence-corrected chi connectivity index (χ4v) is 4.27. The number of rotatable bonds is 3. The molecule has 28 heavy (non-hydrogen) atoms. The lowest BCUT2D eigenvalue weighted by atomic mass is 9.87. The Morgan fingerprint density at radius 2 is 1.64 bits per heavy atom. The molecule has 0 spiro atoms. The molecule has 152 valence electrons. The number of hydrogen-bond donors (Lipinski definition) is 0. The minimum Gasteiger partial charge on any atom is -0.205 e. The van der Waals surface area contributed by atoms with E-state index in [9.17, 15) is 17.6 Å². The summed E-state index contributed by atoms with van der Waals surface area (Å²) >= 11 is 0.612. The van der Waals surface area contributed by atoms with Crippen LogP contribution in [0.3, 0.4) is 0 Å². The molecule has 0 bridgehead atoms. The number of hydrogen-bond acceptors (Lipinski definition) is 1. The first-order valence-corrected chi connectivity index (χ1v) is 9.80. The molecule has 1 aromatic rings. The lowest BCUT2D eigenvalue weighted by Gasteiger charge is -2.19. The van der Waals surface area contributed by atoms with E-state index in [-0.39, 0.29) is 19.5 Å². The first-order chi connectivity index (χ1) is 13.0. The Labute approximate surface area is 165 Å². The average molecular weight is 414 g/mol. The van der Waals surface area contributed by atoms with Crippen LogP contribution in [0.25, 0.3) is 24.8 Å². The van der Waals surface area contributed by atoms with Crippen molar-refractivity contribution in [1.82, 2.24) is 0 Å². The molecule has 0 saturated carbocycles. The van der Waals surface area contributed by atoms with Gasteiger partial charge in [-0.1, -0.05) is 38.3 Å². The van der Waals surface area contributed by atoms with Crippen molar-refractivity contribution in [2.75, 3.05) is 0 Å². The summed E-state index contributed by atoms with van der Waals surface area (Å²) in [5.74, 6) is -1.53. The van der Waals surface area contributed by atoms with Crippen molar-refractivity contribution in [2.24, 2.45) is 5.92 Å². The SMILES string of the molecule is C=c1c(=C)/c(=C(F)\C(=C/C)C(F)(F)F)s/c1=C(F)/C(=C\C)C1=CCC(C)CC1. The summed E-state index contributed by atoms with van der Waals surface area (Å²) in [6.07, 6.45) is 1.91. The van der Waals surface area contributed by atoms with Crippen molar-refractivity contribution >= 4 is 36.1 Å². The molecule has 1 aromatic heterocycles. The van der Waals surface area contributed by atoms with Gasteiger partial charge >= 0.3 is 6.18 Å². The Hall–Kier alpha value is -1.95. The monoisotopic (exact) mass is 414 g/mol. The van der Waals surface area contributed by atoms with E-state index in [1.807, 2.05) is 6.08 Å². The largest absolute Gasteiger partial charge is 0.418 e. The third kappa shape index (κ3) is 4.37. The van der Waals surface area contributed by atoms with Gasteiger partial charge in [-0.05, 0) is 55.0 Å². The maximum absolute atomic E-state index is 15.3. The third-order valence-corrected chi connectivity index (χ3v) is 6.15. The fourth-order valence-electron chi connectivity index (χ4n) is 3.18. The Morgan fingerprint density at radius 3 is 2.07 bits per heavy atom. The normalized spacial score (nSPS) is 21.4. The van der Waals surface area contributed by atoms with Gasteiger partial charge in [0.2, 0.25) is 0 Å². The van der Waals surface area contributed by atoms with Gasteiger partial charge in [-0.15, -0.1) is 11.3 Å². The van der Waals surface area contributed by atoms with E-state index in [1.165, 1.54) is 0 Å². The van der Waals surface area contributed by atoms with Crippen molar-refractivity contribution in [1.29, 1.82) is 0 Å². The summed E-state index contributed by atoms with van der Waals surface area (Å²) in [7, 11) is 0. The van der Waals surface area contributed by atoms with Crippen LogP contribution < -0.4 is 19.5 Å². The van der Waals surface area contributed by atoms with Crippen LogP contribution in [0.1, 0.15) is 40.0 Å². The van der Waals surface area contributed by atoms with Crippen molar-refractivity contribution in [3.63, 3.8) is 0 Å². The number of halogens is 5. The molecule has 1 unspecified atom stereocenters. The van der Waals surface area contributed by atoms with E-state index in [0.717, 1.165) is 25.3 Å². The van der Waals surface area contributed by atoms with Crippen LogP contribution in [-0.2, 0) is 0 Å². The number of allylic oxidation sites excluding steroid dienone is 6. The molecule has 6 heteroatoms. The lowest BCUT2D eigenvalue weighted by Crippen LogP contribution is -2.36. The first-order valence-electron chi connectivity index (χ1n) is 8.99. The predicted octanol–water partition coefficient (Wildman–Crippen LogP) is 4.93. The van der Waals surface area contributed by atoms with Crippen LogP contribution in [0.15, 0.2) is 34.9 Å². The molecule has 0 aliphatic heterocycles. The summed E-state index contributed by atoms with van der Waals surface area (Å²) in [4.78, 5) is 0. The Morgan fingerprint density at radius 1 is 1.07 bits per heavy atom. The molecule has 1 aliphatic rings. The predicted molar refractivity (Wildman–Crippen MR) is 108 cm³/mol. The second-order valence-corrected chi connectivity index (χ2v) is 7.88. The second-order valence-electron chi connectivity index (χ2n) is 6.86. The Bertz CT molecular complexity index is 1060. The summed E-state index contributed by atoms with van der Waals surface area (Å²) in [5, 5.41) is 0.0763. The van der Waals surface area contributed by atoms with Gasteiger partial charge in [0.05, 0.1) is 14.6 Å². The summed E-state index contributed by atoms with van der Waals surface area (Å²) in [5.41, 5.74) is -0.167. The molecule has 0 fully saturated rings. The van der Waals surface area contributed by atoms with Crippen molar-refractivity contribution in [3.05, 3.63) is 54.4 Å². The molecule has 0 N–H and O–H groups in total.